The van der Waals surface area contributed by atoms with Crippen molar-refractivity contribution in [1.82, 2.24) is 0 Å². The number of aliphatic hydroxyl groups excluding tert-OH is 1. The highest BCUT2D eigenvalue weighted by molar-refractivity contribution is 9.10. The van der Waals surface area contributed by atoms with Gasteiger partial charge in [-0.1, -0.05) is 28.8 Å². The number of hydrogen-bond acceptors (Lipinski definition) is 3. The lowest BCUT2D eigenvalue weighted by Crippen LogP contribution is -2.31. The predicted octanol–water partition coefficient (Wildman–Crippen LogP) is 2.84. The van der Waals surface area contributed by atoms with Crippen LogP contribution in [0, 0.1) is 6.92 Å². The molecule has 0 unspecified atom stereocenters. The summed E-state index contributed by atoms with van der Waals surface area (Å²) in [5, 5.41) is 8.73. The molecule has 1 N–H and O–H groups in total. The summed E-state index contributed by atoms with van der Waals surface area (Å²) in [6, 6.07) is 3.64. The molecule has 20 heavy (non-hydrogen) atoms. The highest BCUT2D eigenvalue weighted by Gasteiger charge is 2.36. The monoisotopic (exact) mass is 339 g/mol. The normalized spacial score (nSPS) is 14.1. The number of benzene rings is 1. The van der Waals surface area contributed by atoms with Crippen LogP contribution >= 0.6 is 15.9 Å². The predicted molar refractivity (Wildman–Crippen MR) is 81.1 cm³/mol. The minimum absolute atomic E-state index is 0.205. The molecule has 1 amide bonds. The molecule has 0 atom stereocenters. The Morgan fingerprint density at radius 2 is 1.85 bits per heavy atom. The first-order valence-corrected chi connectivity index (χ1v) is 7.62. The van der Waals surface area contributed by atoms with Crippen LogP contribution < -0.4 is 4.90 Å². The Kier molecular flexibility index (Phi) is 4.94. The lowest BCUT2D eigenvalue weighted by Gasteiger charge is -2.18. The third-order valence-electron chi connectivity index (χ3n) is 3.51. The molecule has 1 aromatic carbocycles. The van der Waals surface area contributed by atoms with Gasteiger partial charge >= 0.3 is 0 Å². The fourth-order valence-electron chi connectivity index (χ4n) is 2.55. The number of carbonyl (C=O) groups excluding carboxylic acids is 2. The number of aryl methyl sites for hydroxylation is 1. The van der Waals surface area contributed by atoms with Crippen molar-refractivity contribution in [3.8, 4) is 0 Å². The van der Waals surface area contributed by atoms with Crippen LogP contribution in [-0.2, 0) is 4.79 Å². The van der Waals surface area contributed by atoms with Gasteiger partial charge < -0.3 is 10.0 Å². The van der Waals surface area contributed by atoms with E-state index in [1.807, 2.05) is 13.0 Å². The Bertz CT molecular complexity index is 542. The van der Waals surface area contributed by atoms with E-state index in [4.69, 9.17) is 5.11 Å². The molecule has 1 aromatic rings. The summed E-state index contributed by atoms with van der Waals surface area (Å²) in [5.41, 5.74) is 2.19. The molecular weight excluding hydrogens is 322 g/mol. The number of Topliss-reactive ketones (excluding diaryl/α,β-unsaturated/α-hetero) is 1. The van der Waals surface area contributed by atoms with Crippen molar-refractivity contribution in [3.63, 3.8) is 0 Å². The molecular formula is C15H18BrNO3. The summed E-state index contributed by atoms with van der Waals surface area (Å²) in [4.78, 5) is 25.7. The first-order valence-electron chi connectivity index (χ1n) is 6.83. The molecule has 0 spiro atoms. The van der Waals surface area contributed by atoms with E-state index in [1.54, 1.807) is 11.0 Å². The molecule has 1 heterocycles. The van der Waals surface area contributed by atoms with Gasteiger partial charge in [-0.3, -0.25) is 9.59 Å². The van der Waals surface area contributed by atoms with E-state index < -0.39 is 11.7 Å². The molecule has 1 aliphatic heterocycles. The van der Waals surface area contributed by atoms with Gasteiger partial charge in [0.25, 0.3) is 11.7 Å². The second kappa shape index (κ2) is 6.50. The zero-order chi connectivity index (χ0) is 14.7. The van der Waals surface area contributed by atoms with Crippen molar-refractivity contribution >= 4 is 33.3 Å². The Balaban J connectivity index is 2.12. The maximum Gasteiger partial charge on any atom is 0.299 e. The van der Waals surface area contributed by atoms with Crippen molar-refractivity contribution < 1.29 is 14.7 Å². The van der Waals surface area contributed by atoms with Gasteiger partial charge in [0.2, 0.25) is 0 Å². The number of nitrogens with zero attached hydrogens (tertiary/aromatic N) is 1. The number of fused-ring (bicyclic) bond motifs is 1. The van der Waals surface area contributed by atoms with Gasteiger partial charge in [0.15, 0.2) is 0 Å². The summed E-state index contributed by atoms with van der Waals surface area (Å²) >= 11 is 3.36. The Morgan fingerprint density at radius 1 is 1.15 bits per heavy atom. The van der Waals surface area contributed by atoms with Gasteiger partial charge in [-0.25, -0.2) is 0 Å². The number of ketones is 1. The summed E-state index contributed by atoms with van der Waals surface area (Å²) in [7, 11) is 0. The van der Waals surface area contributed by atoms with Crippen LogP contribution in [-0.4, -0.2) is 29.9 Å². The maximum atomic E-state index is 12.1. The van der Waals surface area contributed by atoms with Crippen LogP contribution in [0.2, 0.25) is 0 Å². The number of rotatable bonds is 6. The lowest BCUT2D eigenvalue weighted by atomic mass is 10.1. The van der Waals surface area contributed by atoms with E-state index in [9.17, 15) is 9.59 Å². The maximum absolute atomic E-state index is 12.1. The van der Waals surface area contributed by atoms with Gasteiger partial charge in [0.1, 0.15) is 0 Å². The van der Waals surface area contributed by atoms with Crippen molar-refractivity contribution in [1.29, 1.82) is 0 Å². The zero-order valence-corrected chi connectivity index (χ0v) is 13.1. The summed E-state index contributed by atoms with van der Waals surface area (Å²) in [6.45, 7) is 2.68. The summed E-state index contributed by atoms with van der Waals surface area (Å²) < 4.78 is 0.819. The van der Waals surface area contributed by atoms with E-state index in [-0.39, 0.29) is 6.61 Å². The van der Waals surface area contributed by atoms with Gasteiger partial charge in [0, 0.05) is 17.6 Å². The van der Waals surface area contributed by atoms with Gasteiger partial charge in [0.05, 0.1) is 11.3 Å². The molecule has 0 bridgehead atoms. The molecule has 0 radical (unpaired) electrons. The van der Waals surface area contributed by atoms with Gasteiger partial charge in [-0.05, 0) is 37.5 Å². The van der Waals surface area contributed by atoms with E-state index >= 15 is 0 Å². The molecule has 1 aliphatic rings. The van der Waals surface area contributed by atoms with E-state index in [0.717, 1.165) is 41.4 Å². The highest BCUT2D eigenvalue weighted by atomic mass is 79.9. The molecule has 0 aromatic heterocycles. The van der Waals surface area contributed by atoms with Crippen LogP contribution in [0.5, 0.6) is 0 Å². The number of anilines is 1. The average Bonchev–Trinajstić information content (AvgIpc) is 2.64. The van der Waals surface area contributed by atoms with E-state index in [2.05, 4.69) is 15.9 Å². The minimum Gasteiger partial charge on any atom is -0.396 e. The van der Waals surface area contributed by atoms with Gasteiger partial charge in [-0.15, -0.1) is 0 Å². The molecule has 2 rings (SSSR count). The first kappa shape index (κ1) is 15.2. The van der Waals surface area contributed by atoms with Crippen LogP contribution in [0.1, 0.15) is 41.6 Å². The SMILES string of the molecule is Cc1cc(Br)cc2c1N(CCCCCCO)C(=O)C2=O. The fraction of sp³-hybridized carbons (Fsp3) is 0.467. The number of halogens is 1. The Hall–Kier alpha value is -1.20. The fourth-order valence-corrected chi connectivity index (χ4v) is 3.13. The van der Waals surface area contributed by atoms with Gasteiger partial charge in [-0.2, -0.15) is 0 Å². The summed E-state index contributed by atoms with van der Waals surface area (Å²) in [6.07, 6.45) is 3.52. The standard InChI is InChI=1S/C15H18BrNO3/c1-10-8-11(16)9-12-13(10)17(15(20)14(12)19)6-4-2-3-5-7-18/h8-9,18H,2-7H2,1H3. The molecule has 0 aliphatic carbocycles. The average molecular weight is 340 g/mol. The topological polar surface area (TPSA) is 57.6 Å². The molecule has 5 heteroatoms. The molecule has 4 nitrogen and oxygen atoms in total. The number of aliphatic hydroxyl groups is 1. The van der Waals surface area contributed by atoms with Crippen molar-refractivity contribution in [2.24, 2.45) is 0 Å². The molecule has 0 saturated heterocycles. The zero-order valence-electron chi connectivity index (χ0n) is 11.5. The number of unbranched alkanes of at least 4 members (excludes halogenated alkanes) is 3. The third kappa shape index (κ3) is 2.94. The highest BCUT2D eigenvalue weighted by Crippen LogP contribution is 2.35. The van der Waals surface area contributed by atoms with E-state index in [0.29, 0.717) is 12.1 Å². The molecule has 0 fully saturated rings. The van der Waals surface area contributed by atoms with E-state index in [1.165, 1.54) is 0 Å². The second-order valence-electron chi connectivity index (χ2n) is 5.04. The van der Waals surface area contributed by atoms with Crippen LogP contribution in [0.3, 0.4) is 0 Å². The smallest absolute Gasteiger partial charge is 0.299 e. The Morgan fingerprint density at radius 3 is 2.55 bits per heavy atom. The van der Waals surface area contributed by atoms with Crippen LogP contribution in [0.15, 0.2) is 16.6 Å². The number of amides is 1. The first-order chi connectivity index (χ1) is 9.56. The quantitative estimate of drug-likeness (QED) is 0.640. The van der Waals surface area contributed by atoms with Crippen molar-refractivity contribution in [2.75, 3.05) is 18.1 Å². The second-order valence-corrected chi connectivity index (χ2v) is 5.96. The third-order valence-corrected chi connectivity index (χ3v) is 3.97. The number of hydrogen-bond donors (Lipinski definition) is 1. The van der Waals surface area contributed by atoms with Crippen molar-refractivity contribution in [3.05, 3.63) is 27.7 Å². The van der Waals surface area contributed by atoms with Crippen molar-refractivity contribution in [2.45, 2.75) is 32.6 Å². The number of carbonyl (C=O) groups is 2. The van der Waals surface area contributed by atoms with Crippen LogP contribution in [0.25, 0.3) is 0 Å². The molecule has 108 valence electrons. The molecule has 0 saturated carbocycles. The largest absolute Gasteiger partial charge is 0.396 e. The van der Waals surface area contributed by atoms with Crippen LogP contribution in [0.4, 0.5) is 5.69 Å². The summed E-state index contributed by atoms with van der Waals surface area (Å²) in [5.74, 6) is -0.844. The minimum atomic E-state index is -0.427. The Labute approximate surface area is 126 Å². The lowest BCUT2D eigenvalue weighted by molar-refractivity contribution is -0.114.